The standard InChI is InChI=1S/C42H76NO9P/c1-6-8-10-12-14-15-16-17-18-19-21-25-29-33-41(45)49-37-40(38-51-53(47,48)50-36-35-43(3,4)5)52-42(46)34-30-26-22-24-28-32-39(44)31-27-23-20-13-11-9-7-2/h9,11,15-16,20,23,27,31,39-40,44H,6-8,10,12-14,17-19,21-22,24-26,28-30,32-38H2,1-5H3/b11-9+,16-15-,23-20+,31-27+/t39?,40-/m1/s1. The highest BCUT2D eigenvalue weighted by Crippen LogP contribution is 2.38. The molecule has 11 heteroatoms. The topological polar surface area (TPSA) is 131 Å². The van der Waals surface area contributed by atoms with Crippen LogP contribution in [0.4, 0.5) is 0 Å². The predicted octanol–water partition coefficient (Wildman–Crippen LogP) is 9.47. The number of aliphatic hydroxyl groups excluding tert-OH is 1. The Hall–Kier alpha value is -2.07. The minimum atomic E-state index is -4.65. The molecule has 0 spiro atoms. The van der Waals surface area contributed by atoms with Gasteiger partial charge >= 0.3 is 11.9 Å². The molecule has 1 N–H and O–H groups in total. The first-order chi connectivity index (χ1) is 25.4. The van der Waals surface area contributed by atoms with Crippen LogP contribution < -0.4 is 4.89 Å². The Morgan fingerprint density at radius 1 is 0.717 bits per heavy atom. The van der Waals surface area contributed by atoms with Crippen molar-refractivity contribution in [2.24, 2.45) is 0 Å². The second-order valence-corrected chi connectivity index (χ2v) is 16.2. The largest absolute Gasteiger partial charge is 0.756 e. The number of aliphatic hydroxyl groups is 1. The molecule has 2 unspecified atom stereocenters. The molecular weight excluding hydrogens is 693 g/mol. The van der Waals surface area contributed by atoms with E-state index in [4.69, 9.17) is 18.5 Å². The highest BCUT2D eigenvalue weighted by atomic mass is 31.2. The number of phosphoric acid groups is 1. The van der Waals surface area contributed by atoms with Gasteiger partial charge in [0.1, 0.15) is 19.8 Å². The number of ether oxygens (including phenoxy) is 2. The van der Waals surface area contributed by atoms with Gasteiger partial charge in [-0.05, 0) is 57.8 Å². The van der Waals surface area contributed by atoms with Crippen molar-refractivity contribution in [3.05, 3.63) is 48.6 Å². The van der Waals surface area contributed by atoms with E-state index in [1.54, 1.807) is 6.08 Å². The van der Waals surface area contributed by atoms with Gasteiger partial charge in [-0.1, -0.05) is 127 Å². The molecule has 0 aliphatic rings. The lowest BCUT2D eigenvalue weighted by molar-refractivity contribution is -0.870. The molecule has 0 aliphatic carbocycles. The first-order valence-corrected chi connectivity index (χ1v) is 21.9. The van der Waals surface area contributed by atoms with Crippen LogP contribution in [0.5, 0.6) is 0 Å². The van der Waals surface area contributed by atoms with Crippen LogP contribution in [0, 0.1) is 0 Å². The van der Waals surface area contributed by atoms with Crippen LogP contribution in [-0.4, -0.2) is 81.2 Å². The second-order valence-electron chi connectivity index (χ2n) is 14.8. The van der Waals surface area contributed by atoms with Crippen LogP contribution in [-0.2, 0) is 32.7 Å². The number of hydrogen-bond acceptors (Lipinski definition) is 9. The molecule has 0 fully saturated rings. The SMILES string of the molecule is CC/C=C/C/C=C/C=C/C(O)CCCCCCCC(=O)O[C@H](COC(=O)CCCCCCC/C=C\CCCCCC)COP(=O)([O-])OCC[N+](C)(C)C. The summed E-state index contributed by atoms with van der Waals surface area (Å²) in [5.74, 6) is -0.926. The molecular formula is C42H76NO9P. The van der Waals surface area contributed by atoms with Crippen LogP contribution in [0.15, 0.2) is 48.6 Å². The Bertz CT molecular complexity index is 1070. The van der Waals surface area contributed by atoms with Gasteiger partial charge in [-0.25, -0.2) is 0 Å². The summed E-state index contributed by atoms with van der Waals surface area (Å²) in [4.78, 5) is 37.4. The normalized spacial score (nSPS) is 14.8. The summed E-state index contributed by atoms with van der Waals surface area (Å²) in [7, 11) is 1.09. The number of quaternary nitrogens is 1. The fourth-order valence-corrected chi connectivity index (χ4v) is 5.91. The smallest absolute Gasteiger partial charge is 0.306 e. The zero-order valence-electron chi connectivity index (χ0n) is 34.1. The summed E-state index contributed by atoms with van der Waals surface area (Å²) in [5.41, 5.74) is 0. The van der Waals surface area contributed by atoms with E-state index in [0.29, 0.717) is 30.3 Å². The van der Waals surface area contributed by atoms with Crippen molar-refractivity contribution in [1.82, 2.24) is 0 Å². The number of unbranched alkanes of at least 4 members (excludes halogenated alkanes) is 13. The fourth-order valence-electron chi connectivity index (χ4n) is 5.18. The van der Waals surface area contributed by atoms with Crippen molar-refractivity contribution >= 4 is 19.8 Å². The van der Waals surface area contributed by atoms with E-state index < -0.39 is 38.6 Å². The van der Waals surface area contributed by atoms with Crippen molar-refractivity contribution in [3.63, 3.8) is 0 Å². The highest BCUT2D eigenvalue weighted by molar-refractivity contribution is 7.45. The molecule has 10 nitrogen and oxygen atoms in total. The van der Waals surface area contributed by atoms with Gasteiger partial charge in [-0.2, -0.15) is 0 Å². The van der Waals surface area contributed by atoms with Crippen molar-refractivity contribution in [2.75, 3.05) is 47.5 Å². The van der Waals surface area contributed by atoms with Gasteiger partial charge in [0.15, 0.2) is 6.10 Å². The molecule has 0 heterocycles. The maximum Gasteiger partial charge on any atom is 0.306 e. The second kappa shape index (κ2) is 34.4. The van der Waals surface area contributed by atoms with E-state index in [1.807, 2.05) is 39.4 Å². The molecule has 0 radical (unpaired) electrons. The summed E-state index contributed by atoms with van der Waals surface area (Å²) in [6.07, 6.45) is 34.4. The van der Waals surface area contributed by atoms with Gasteiger partial charge < -0.3 is 33.0 Å². The summed E-state index contributed by atoms with van der Waals surface area (Å²) in [6.45, 7) is 3.93. The number of likely N-dealkylation sites (N-methyl/N-ethyl adjacent to an activating group) is 1. The number of phosphoric ester groups is 1. The number of nitrogens with zero attached hydrogens (tertiary/aromatic N) is 1. The van der Waals surface area contributed by atoms with Crippen LogP contribution in [0.1, 0.15) is 149 Å². The molecule has 0 saturated carbocycles. The van der Waals surface area contributed by atoms with Crippen LogP contribution in [0.3, 0.4) is 0 Å². The molecule has 53 heavy (non-hydrogen) atoms. The van der Waals surface area contributed by atoms with Crippen molar-refractivity contribution in [2.45, 2.75) is 161 Å². The van der Waals surface area contributed by atoms with Gasteiger partial charge in [0.05, 0.1) is 33.9 Å². The fraction of sp³-hybridized carbons (Fsp3) is 0.762. The Kier molecular flexibility index (Phi) is 33.1. The lowest BCUT2D eigenvalue weighted by atomic mass is 10.1. The van der Waals surface area contributed by atoms with Crippen LogP contribution in [0.25, 0.3) is 0 Å². The van der Waals surface area contributed by atoms with Gasteiger partial charge in [0, 0.05) is 12.8 Å². The van der Waals surface area contributed by atoms with Crippen LogP contribution >= 0.6 is 7.82 Å². The quantitative estimate of drug-likeness (QED) is 0.0165. The first kappa shape index (κ1) is 50.9. The predicted molar refractivity (Wildman–Crippen MR) is 214 cm³/mol. The zero-order chi connectivity index (χ0) is 39.5. The molecule has 0 aromatic heterocycles. The summed E-state index contributed by atoms with van der Waals surface area (Å²) in [5, 5.41) is 10.1. The monoisotopic (exact) mass is 770 g/mol. The van der Waals surface area contributed by atoms with Crippen molar-refractivity contribution in [3.8, 4) is 0 Å². The molecule has 308 valence electrons. The molecule has 0 aromatic carbocycles. The summed E-state index contributed by atoms with van der Waals surface area (Å²) < 4.78 is 33.7. The highest BCUT2D eigenvalue weighted by Gasteiger charge is 2.21. The van der Waals surface area contributed by atoms with Gasteiger partial charge in [0.2, 0.25) is 0 Å². The average Bonchev–Trinajstić information content (AvgIpc) is 3.10. The maximum atomic E-state index is 12.6. The van der Waals surface area contributed by atoms with Gasteiger partial charge in [0.25, 0.3) is 7.82 Å². The van der Waals surface area contributed by atoms with Gasteiger partial charge in [-0.3, -0.25) is 14.2 Å². The van der Waals surface area contributed by atoms with E-state index in [0.717, 1.165) is 77.0 Å². The van der Waals surface area contributed by atoms with E-state index in [-0.39, 0.29) is 26.1 Å². The number of rotatable bonds is 36. The minimum absolute atomic E-state index is 0.0518. The molecule has 0 saturated heterocycles. The van der Waals surface area contributed by atoms with E-state index in [1.165, 1.54) is 25.7 Å². The number of esters is 2. The molecule has 0 aromatic rings. The van der Waals surface area contributed by atoms with E-state index in [9.17, 15) is 24.2 Å². The first-order valence-electron chi connectivity index (χ1n) is 20.5. The van der Waals surface area contributed by atoms with E-state index >= 15 is 0 Å². The number of allylic oxidation sites excluding steroid dienone is 7. The molecule has 0 amide bonds. The van der Waals surface area contributed by atoms with Crippen molar-refractivity contribution in [1.29, 1.82) is 0 Å². The Labute approximate surface area is 323 Å². The number of hydrogen-bond donors (Lipinski definition) is 1. The molecule has 0 rings (SSSR count). The van der Waals surface area contributed by atoms with Crippen molar-refractivity contribution < 1.29 is 47.2 Å². The zero-order valence-corrected chi connectivity index (χ0v) is 35.0. The Morgan fingerprint density at radius 3 is 1.96 bits per heavy atom. The molecule has 0 aliphatic heterocycles. The summed E-state index contributed by atoms with van der Waals surface area (Å²) in [6, 6.07) is 0. The Balaban J connectivity index is 4.52. The lowest BCUT2D eigenvalue weighted by Crippen LogP contribution is -2.37. The van der Waals surface area contributed by atoms with E-state index in [2.05, 4.69) is 38.2 Å². The third kappa shape index (κ3) is 38.0. The Morgan fingerprint density at radius 2 is 1.32 bits per heavy atom. The summed E-state index contributed by atoms with van der Waals surface area (Å²) >= 11 is 0. The minimum Gasteiger partial charge on any atom is -0.756 e. The number of carbonyl (C=O) groups excluding carboxylic acids is 2. The third-order valence-electron chi connectivity index (χ3n) is 8.44. The van der Waals surface area contributed by atoms with Gasteiger partial charge in [-0.15, -0.1) is 0 Å². The number of carbonyl (C=O) groups is 2. The molecule has 3 atom stereocenters. The maximum absolute atomic E-state index is 12.6. The third-order valence-corrected chi connectivity index (χ3v) is 9.40. The molecule has 0 bridgehead atoms. The van der Waals surface area contributed by atoms with Crippen LogP contribution in [0.2, 0.25) is 0 Å². The average molecular weight is 770 g/mol. The lowest BCUT2D eigenvalue weighted by Gasteiger charge is -2.28.